The smallest absolute Gasteiger partial charge is 0.251 e. The van der Waals surface area contributed by atoms with Crippen molar-refractivity contribution in [3.05, 3.63) is 66.2 Å². The van der Waals surface area contributed by atoms with Crippen molar-refractivity contribution < 1.29 is 21.6 Å². The zero-order valence-electron chi connectivity index (χ0n) is 22.0. The van der Waals surface area contributed by atoms with Crippen LogP contribution in [0.3, 0.4) is 0 Å². The van der Waals surface area contributed by atoms with E-state index in [1.165, 1.54) is 4.31 Å². The summed E-state index contributed by atoms with van der Waals surface area (Å²) in [7, 11) is -6.87. The Bertz CT molecular complexity index is 1560. The summed E-state index contributed by atoms with van der Waals surface area (Å²) in [6, 6.07) is 17.2. The Labute approximate surface area is 230 Å². The first-order chi connectivity index (χ1) is 18.6. The topological polar surface area (TPSA) is 117 Å². The molecule has 11 heteroatoms. The van der Waals surface area contributed by atoms with Gasteiger partial charge in [-0.1, -0.05) is 31.5 Å². The van der Waals surface area contributed by atoms with E-state index in [2.05, 4.69) is 5.32 Å². The fourth-order valence-corrected chi connectivity index (χ4v) is 8.82. The maximum absolute atomic E-state index is 13.7. The first-order valence-corrected chi connectivity index (χ1v) is 16.6. The van der Waals surface area contributed by atoms with Gasteiger partial charge in [0.05, 0.1) is 21.9 Å². The van der Waals surface area contributed by atoms with Gasteiger partial charge in [0.2, 0.25) is 10.0 Å². The van der Waals surface area contributed by atoms with Crippen molar-refractivity contribution in [2.45, 2.75) is 37.1 Å². The molecular weight excluding hydrogens is 536 g/mol. The third kappa shape index (κ3) is 6.26. The van der Waals surface area contributed by atoms with Crippen LogP contribution in [-0.2, 0) is 19.9 Å². The number of nitrogens with one attached hydrogen (secondary N) is 1. The second kappa shape index (κ2) is 11.2. The van der Waals surface area contributed by atoms with E-state index in [0.717, 1.165) is 12.8 Å². The van der Waals surface area contributed by atoms with Gasteiger partial charge in [0.1, 0.15) is 5.82 Å². The maximum atomic E-state index is 13.7. The van der Waals surface area contributed by atoms with Crippen LogP contribution in [0.15, 0.2) is 65.6 Å². The van der Waals surface area contributed by atoms with E-state index in [0.29, 0.717) is 48.3 Å². The number of hydrogen-bond acceptors (Lipinski definition) is 7. The standard InChI is InChI=1S/C28H34N4O5S2/c1-21-19-31(15-16-38(34,35)20-21)27-13-10-23-17-25(11-12-26(23)30-27)39(36,37)32-14-6-5-9-24(32)18-29-28(33)22-7-3-2-4-8-22/h2-4,7-8,10-13,17,21,24H,5-6,9,14-16,18-20H2,1H3,(H,29,33). The monoisotopic (exact) mass is 570 g/mol. The zero-order valence-corrected chi connectivity index (χ0v) is 23.6. The van der Waals surface area contributed by atoms with Gasteiger partial charge in [-0.05, 0) is 61.2 Å². The van der Waals surface area contributed by atoms with E-state index < -0.39 is 19.9 Å². The number of sulfonamides is 1. The van der Waals surface area contributed by atoms with Gasteiger partial charge in [-0.2, -0.15) is 4.31 Å². The molecule has 2 atom stereocenters. The zero-order chi connectivity index (χ0) is 27.6. The quantitative estimate of drug-likeness (QED) is 0.484. The van der Waals surface area contributed by atoms with Gasteiger partial charge < -0.3 is 10.2 Å². The van der Waals surface area contributed by atoms with Gasteiger partial charge in [-0.25, -0.2) is 21.8 Å². The van der Waals surface area contributed by atoms with Crippen LogP contribution in [0, 0.1) is 5.92 Å². The van der Waals surface area contributed by atoms with Crippen molar-refractivity contribution in [3.8, 4) is 0 Å². The summed E-state index contributed by atoms with van der Waals surface area (Å²) >= 11 is 0. The summed E-state index contributed by atoms with van der Waals surface area (Å²) in [5, 5.41) is 3.60. The molecule has 39 heavy (non-hydrogen) atoms. The fourth-order valence-electron chi connectivity index (χ4n) is 5.46. The molecule has 2 unspecified atom stereocenters. The minimum atomic E-state index is -3.79. The highest BCUT2D eigenvalue weighted by Gasteiger charge is 2.34. The Morgan fingerprint density at radius 3 is 2.64 bits per heavy atom. The lowest BCUT2D eigenvalue weighted by Gasteiger charge is -2.34. The molecule has 3 aromatic rings. The molecule has 0 bridgehead atoms. The molecule has 2 aromatic carbocycles. The van der Waals surface area contributed by atoms with Crippen molar-refractivity contribution in [2.24, 2.45) is 5.92 Å². The molecule has 2 aliphatic rings. The molecule has 3 heterocycles. The SMILES string of the molecule is CC1CN(c2ccc3cc(S(=O)(=O)N4CCCCC4CNC(=O)c4ccccc4)ccc3n2)CCS(=O)(=O)C1. The second-order valence-corrected chi connectivity index (χ2v) is 14.7. The highest BCUT2D eigenvalue weighted by Crippen LogP contribution is 2.28. The Hall–Kier alpha value is -3.02. The van der Waals surface area contributed by atoms with E-state index in [-0.39, 0.29) is 40.8 Å². The molecule has 0 aliphatic carbocycles. The van der Waals surface area contributed by atoms with Crippen LogP contribution >= 0.6 is 0 Å². The van der Waals surface area contributed by atoms with Crippen molar-refractivity contribution in [3.63, 3.8) is 0 Å². The largest absolute Gasteiger partial charge is 0.355 e. The number of fused-ring (bicyclic) bond motifs is 1. The van der Waals surface area contributed by atoms with E-state index in [9.17, 15) is 21.6 Å². The average molecular weight is 571 g/mol. The van der Waals surface area contributed by atoms with Gasteiger partial charge in [0.15, 0.2) is 9.84 Å². The normalized spacial score (nSPS) is 22.3. The Balaban J connectivity index is 1.34. The number of hydrogen-bond donors (Lipinski definition) is 1. The lowest BCUT2D eigenvalue weighted by atomic mass is 10.0. The van der Waals surface area contributed by atoms with Gasteiger partial charge in [0, 0.05) is 43.2 Å². The predicted octanol–water partition coefficient (Wildman–Crippen LogP) is 3.08. The minimum Gasteiger partial charge on any atom is -0.355 e. The molecule has 2 aliphatic heterocycles. The molecule has 2 fully saturated rings. The van der Waals surface area contributed by atoms with Crippen LogP contribution in [0.1, 0.15) is 36.5 Å². The fraction of sp³-hybridized carbons (Fsp3) is 0.429. The highest BCUT2D eigenvalue weighted by atomic mass is 32.2. The first-order valence-electron chi connectivity index (χ1n) is 13.3. The van der Waals surface area contributed by atoms with Crippen LogP contribution in [0.5, 0.6) is 0 Å². The third-order valence-corrected chi connectivity index (χ3v) is 11.3. The Morgan fingerprint density at radius 2 is 1.85 bits per heavy atom. The number of carbonyl (C=O) groups is 1. The number of rotatable bonds is 6. The Kier molecular flexibility index (Phi) is 7.93. The maximum Gasteiger partial charge on any atom is 0.251 e. The number of anilines is 1. The minimum absolute atomic E-state index is 0.00233. The van der Waals surface area contributed by atoms with Crippen LogP contribution < -0.4 is 10.2 Å². The van der Waals surface area contributed by atoms with E-state index in [4.69, 9.17) is 4.98 Å². The van der Waals surface area contributed by atoms with Crippen LogP contribution in [0.4, 0.5) is 5.82 Å². The lowest BCUT2D eigenvalue weighted by Crippen LogP contribution is -2.49. The lowest BCUT2D eigenvalue weighted by molar-refractivity contribution is 0.0939. The van der Waals surface area contributed by atoms with Crippen molar-refractivity contribution in [2.75, 3.05) is 42.6 Å². The molecule has 1 amide bonds. The molecule has 9 nitrogen and oxygen atoms in total. The number of sulfone groups is 1. The van der Waals surface area contributed by atoms with Gasteiger partial charge >= 0.3 is 0 Å². The van der Waals surface area contributed by atoms with E-state index in [1.807, 2.05) is 30.0 Å². The summed E-state index contributed by atoms with van der Waals surface area (Å²) < 4.78 is 53.3. The van der Waals surface area contributed by atoms with Crippen molar-refractivity contribution in [1.29, 1.82) is 0 Å². The number of carbonyl (C=O) groups excluding carboxylic acids is 1. The van der Waals surface area contributed by atoms with Crippen LogP contribution in [0.2, 0.25) is 0 Å². The van der Waals surface area contributed by atoms with E-state index in [1.54, 1.807) is 42.5 Å². The van der Waals surface area contributed by atoms with Crippen LogP contribution in [0.25, 0.3) is 10.9 Å². The molecule has 1 aromatic heterocycles. The molecule has 0 saturated carbocycles. The molecule has 5 rings (SSSR count). The number of benzene rings is 2. The summed E-state index contributed by atoms with van der Waals surface area (Å²) in [6.45, 7) is 3.56. The third-order valence-electron chi connectivity index (χ3n) is 7.43. The molecule has 0 radical (unpaired) electrons. The van der Waals surface area contributed by atoms with Gasteiger partial charge in [-0.15, -0.1) is 0 Å². The Morgan fingerprint density at radius 1 is 1.05 bits per heavy atom. The number of piperidine rings is 1. The predicted molar refractivity (Wildman–Crippen MR) is 152 cm³/mol. The second-order valence-electron chi connectivity index (χ2n) is 10.5. The molecule has 2 saturated heterocycles. The summed E-state index contributed by atoms with van der Waals surface area (Å²) in [5.41, 5.74) is 1.19. The summed E-state index contributed by atoms with van der Waals surface area (Å²) in [5.74, 6) is 0.732. The molecule has 208 valence electrons. The highest BCUT2D eigenvalue weighted by molar-refractivity contribution is 7.91. The number of pyridine rings is 1. The van der Waals surface area contributed by atoms with E-state index >= 15 is 0 Å². The average Bonchev–Trinajstić information content (AvgIpc) is 3.07. The number of aromatic nitrogens is 1. The number of amides is 1. The molecule has 1 N–H and O–H groups in total. The molecule has 0 spiro atoms. The van der Waals surface area contributed by atoms with Crippen molar-refractivity contribution >= 4 is 42.5 Å². The number of nitrogens with zero attached hydrogens (tertiary/aromatic N) is 3. The van der Waals surface area contributed by atoms with Crippen LogP contribution in [-0.4, -0.2) is 75.8 Å². The van der Waals surface area contributed by atoms with Gasteiger partial charge in [-0.3, -0.25) is 4.79 Å². The first kappa shape index (κ1) is 27.5. The summed E-state index contributed by atoms with van der Waals surface area (Å²) in [4.78, 5) is 19.5. The summed E-state index contributed by atoms with van der Waals surface area (Å²) in [6.07, 6.45) is 2.35. The molecular formula is C28H34N4O5S2. The van der Waals surface area contributed by atoms with Gasteiger partial charge in [0.25, 0.3) is 5.91 Å². The van der Waals surface area contributed by atoms with Crippen molar-refractivity contribution in [1.82, 2.24) is 14.6 Å².